The zero-order valence-corrected chi connectivity index (χ0v) is 10.0. The molecule has 0 saturated heterocycles. The van der Waals surface area contributed by atoms with Gasteiger partial charge in [0, 0.05) is 13.0 Å². The molecule has 4 nitrogen and oxygen atoms in total. The maximum Gasteiger partial charge on any atom is 0.253 e. The summed E-state index contributed by atoms with van der Waals surface area (Å²) in [5.74, 6) is -0.0250. The molecule has 4 heteroatoms. The van der Waals surface area contributed by atoms with Crippen LogP contribution in [0.5, 0.6) is 0 Å². The third kappa shape index (κ3) is 2.46. The SMILES string of the molecule is CNC(=O)c1c(C)cccc1NC(=O)C1CC1. The fraction of sp³-hybridized carbons (Fsp3) is 0.385. The molecule has 1 aromatic rings. The Morgan fingerprint density at radius 1 is 1.29 bits per heavy atom. The molecule has 0 unspecified atom stereocenters. The molecular weight excluding hydrogens is 216 g/mol. The highest BCUT2D eigenvalue weighted by Crippen LogP contribution is 2.31. The summed E-state index contributed by atoms with van der Waals surface area (Å²) >= 11 is 0. The Morgan fingerprint density at radius 2 is 2.00 bits per heavy atom. The Hall–Kier alpha value is -1.84. The quantitative estimate of drug-likeness (QED) is 0.833. The van der Waals surface area contributed by atoms with Gasteiger partial charge in [-0.25, -0.2) is 0 Å². The average Bonchev–Trinajstić information content (AvgIpc) is 3.12. The van der Waals surface area contributed by atoms with Crippen LogP contribution in [0, 0.1) is 12.8 Å². The lowest BCUT2D eigenvalue weighted by molar-refractivity contribution is -0.117. The molecule has 90 valence electrons. The number of carbonyl (C=O) groups excluding carboxylic acids is 2. The van der Waals surface area contributed by atoms with E-state index in [1.807, 2.05) is 19.1 Å². The largest absolute Gasteiger partial charge is 0.355 e. The summed E-state index contributed by atoms with van der Waals surface area (Å²) in [7, 11) is 1.58. The fourth-order valence-corrected chi connectivity index (χ4v) is 1.78. The number of benzene rings is 1. The normalized spacial score (nSPS) is 14.2. The lowest BCUT2D eigenvalue weighted by Crippen LogP contribution is -2.23. The molecule has 2 amide bonds. The number of aryl methyl sites for hydroxylation is 1. The van der Waals surface area contributed by atoms with Gasteiger partial charge in [0.25, 0.3) is 5.91 Å². The van der Waals surface area contributed by atoms with E-state index in [0.29, 0.717) is 11.3 Å². The van der Waals surface area contributed by atoms with Crippen molar-refractivity contribution in [2.45, 2.75) is 19.8 Å². The van der Waals surface area contributed by atoms with Gasteiger partial charge in [-0.3, -0.25) is 9.59 Å². The second kappa shape index (κ2) is 4.57. The molecule has 0 bridgehead atoms. The third-order valence-electron chi connectivity index (χ3n) is 2.93. The molecule has 0 atom stereocenters. The first-order valence-corrected chi connectivity index (χ1v) is 5.76. The van der Waals surface area contributed by atoms with Crippen LogP contribution in [0.4, 0.5) is 5.69 Å². The van der Waals surface area contributed by atoms with Gasteiger partial charge in [0.05, 0.1) is 11.3 Å². The predicted octanol–water partition coefficient (Wildman–Crippen LogP) is 1.70. The second-order valence-corrected chi connectivity index (χ2v) is 4.34. The lowest BCUT2D eigenvalue weighted by atomic mass is 10.1. The van der Waals surface area contributed by atoms with Crippen LogP contribution in [0.3, 0.4) is 0 Å². The average molecular weight is 232 g/mol. The molecule has 0 spiro atoms. The maximum absolute atomic E-state index is 11.8. The van der Waals surface area contributed by atoms with Gasteiger partial charge in [-0.05, 0) is 31.4 Å². The minimum absolute atomic E-state index is 0.0146. The molecule has 2 N–H and O–H groups in total. The molecule has 17 heavy (non-hydrogen) atoms. The van der Waals surface area contributed by atoms with Crippen LogP contribution >= 0.6 is 0 Å². The van der Waals surface area contributed by atoms with Crippen LogP contribution in [0.2, 0.25) is 0 Å². The van der Waals surface area contributed by atoms with Crippen LogP contribution in [0.15, 0.2) is 18.2 Å². The predicted molar refractivity (Wildman–Crippen MR) is 65.9 cm³/mol. The fourth-order valence-electron chi connectivity index (χ4n) is 1.78. The van der Waals surface area contributed by atoms with Crippen molar-refractivity contribution in [1.29, 1.82) is 0 Å². The Kier molecular flexibility index (Phi) is 3.13. The molecule has 0 radical (unpaired) electrons. The van der Waals surface area contributed by atoms with Crippen molar-refractivity contribution in [2.24, 2.45) is 5.92 Å². The topological polar surface area (TPSA) is 58.2 Å². The minimum atomic E-state index is -0.172. The number of carbonyl (C=O) groups is 2. The minimum Gasteiger partial charge on any atom is -0.355 e. The van der Waals surface area contributed by atoms with Crippen molar-refractivity contribution in [3.63, 3.8) is 0 Å². The van der Waals surface area contributed by atoms with Gasteiger partial charge in [-0.1, -0.05) is 12.1 Å². The zero-order valence-electron chi connectivity index (χ0n) is 10.0. The number of hydrogen-bond acceptors (Lipinski definition) is 2. The number of nitrogens with one attached hydrogen (secondary N) is 2. The molecule has 1 saturated carbocycles. The standard InChI is InChI=1S/C13H16N2O2/c1-8-4-3-5-10(11(8)13(17)14-2)15-12(16)9-6-7-9/h3-5,9H,6-7H2,1-2H3,(H,14,17)(H,15,16). The molecule has 0 aromatic heterocycles. The molecule has 1 fully saturated rings. The Balaban J connectivity index is 2.28. The van der Waals surface area contributed by atoms with E-state index in [0.717, 1.165) is 18.4 Å². The Morgan fingerprint density at radius 3 is 2.59 bits per heavy atom. The van der Waals surface area contributed by atoms with Gasteiger partial charge in [-0.15, -0.1) is 0 Å². The number of hydrogen-bond donors (Lipinski definition) is 2. The van der Waals surface area contributed by atoms with E-state index >= 15 is 0 Å². The number of anilines is 1. The van der Waals surface area contributed by atoms with Crippen LogP contribution in [0.25, 0.3) is 0 Å². The van der Waals surface area contributed by atoms with E-state index in [2.05, 4.69) is 10.6 Å². The van der Waals surface area contributed by atoms with E-state index < -0.39 is 0 Å². The van der Waals surface area contributed by atoms with Crippen molar-refractivity contribution < 1.29 is 9.59 Å². The van der Waals surface area contributed by atoms with E-state index in [4.69, 9.17) is 0 Å². The molecular formula is C13H16N2O2. The maximum atomic E-state index is 11.8. The van der Waals surface area contributed by atoms with Gasteiger partial charge >= 0.3 is 0 Å². The summed E-state index contributed by atoms with van der Waals surface area (Å²) in [6, 6.07) is 5.46. The van der Waals surface area contributed by atoms with Crippen LogP contribution < -0.4 is 10.6 Å². The highest BCUT2D eigenvalue weighted by atomic mass is 16.2. The molecule has 1 aromatic carbocycles. The monoisotopic (exact) mass is 232 g/mol. The molecule has 0 aliphatic heterocycles. The number of rotatable bonds is 3. The molecule has 2 rings (SSSR count). The summed E-state index contributed by atoms with van der Waals surface area (Å²) in [5.41, 5.74) is 2.00. The first-order valence-electron chi connectivity index (χ1n) is 5.76. The second-order valence-electron chi connectivity index (χ2n) is 4.34. The van der Waals surface area contributed by atoms with Crippen LogP contribution in [0.1, 0.15) is 28.8 Å². The van der Waals surface area contributed by atoms with Gasteiger partial charge in [0.15, 0.2) is 0 Å². The highest BCUT2D eigenvalue weighted by Gasteiger charge is 2.30. The summed E-state index contributed by atoms with van der Waals surface area (Å²) in [5, 5.41) is 5.42. The summed E-state index contributed by atoms with van der Waals surface area (Å²) in [4.78, 5) is 23.5. The van der Waals surface area contributed by atoms with E-state index in [-0.39, 0.29) is 17.7 Å². The zero-order chi connectivity index (χ0) is 12.4. The molecule has 0 heterocycles. The van der Waals surface area contributed by atoms with Crippen molar-refractivity contribution in [1.82, 2.24) is 5.32 Å². The Labute approximate surface area is 100 Å². The van der Waals surface area contributed by atoms with E-state index in [1.54, 1.807) is 13.1 Å². The van der Waals surface area contributed by atoms with Gasteiger partial charge in [-0.2, -0.15) is 0 Å². The van der Waals surface area contributed by atoms with Crippen molar-refractivity contribution in [2.75, 3.05) is 12.4 Å². The lowest BCUT2D eigenvalue weighted by Gasteiger charge is -2.12. The smallest absolute Gasteiger partial charge is 0.253 e. The number of amides is 2. The molecule has 1 aliphatic carbocycles. The third-order valence-corrected chi connectivity index (χ3v) is 2.93. The van der Waals surface area contributed by atoms with Crippen molar-refractivity contribution >= 4 is 17.5 Å². The Bertz CT molecular complexity index is 464. The highest BCUT2D eigenvalue weighted by molar-refractivity contribution is 6.05. The van der Waals surface area contributed by atoms with Gasteiger partial charge < -0.3 is 10.6 Å². The van der Waals surface area contributed by atoms with Gasteiger partial charge in [0.2, 0.25) is 5.91 Å². The summed E-state index contributed by atoms with van der Waals surface area (Å²) in [6.07, 6.45) is 1.90. The van der Waals surface area contributed by atoms with Gasteiger partial charge in [0.1, 0.15) is 0 Å². The van der Waals surface area contributed by atoms with Crippen molar-refractivity contribution in [3.05, 3.63) is 29.3 Å². The van der Waals surface area contributed by atoms with E-state index in [9.17, 15) is 9.59 Å². The first kappa shape index (κ1) is 11.6. The molecule has 1 aliphatic rings. The first-order chi connectivity index (χ1) is 8.13. The summed E-state index contributed by atoms with van der Waals surface area (Å²) < 4.78 is 0. The van der Waals surface area contributed by atoms with E-state index in [1.165, 1.54) is 0 Å². The van der Waals surface area contributed by atoms with Crippen LogP contribution in [-0.2, 0) is 4.79 Å². The van der Waals surface area contributed by atoms with Crippen molar-refractivity contribution in [3.8, 4) is 0 Å². The van der Waals surface area contributed by atoms with Crippen LogP contribution in [-0.4, -0.2) is 18.9 Å². The summed E-state index contributed by atoms with van der Waals surface area (Å²) in [6.45, 7) is 1.86.